The van der Waals surface area contributed by atoms with Crippen molar-refractivity contribution in [3.63, 3.8) is 0 Å². The summed E-state index contributed by atoms with van der Waals surface area (Å²) in [4.78, 5) is 35.0. The van der Waals surface area contributed by atoms with Crippen LogP contribution in [0.1, 0.15) is 33.6 Å². The van der Waals surface area contributed by atoms with Crippen molar-refractivity contribution >= 4 is 17.8 Å². The quantitative estimate of drug-likeness (QED) is 0.723. The first-order valence-electron chi connectivity index (χ1n) is 5.13. The highest BCUT2D eigenvalue weighted by Crippen LogP contribution is 2.23. The molecule has 1 unspecified atom stereocenters. The van der Waals surface area contributed by atoms with Gasteiger partial charge in [-0.05, 0) is 27.2 Å². The number of aliphatic carboxylic acids is 1. The molecule has 0 aromatic rings. The van der Waals surface area contributed by atoms with E-state index < -0.39 is 5.97 Å². The summed E-state index contributed by atoms with van der Waals surface area (Å²) in [7, 11) is 0. The van der Waals surface area contributed by atoms with E-state index in [1.165, 1.54) is 0 Å². The molecule has 88 valence electrons. The van der Waals surface area contributed by atoms with Gasteiger partial charge in [0.25, 0.3) is 11.8 Å². The Morgan fingerprint density at radius 3 is 2.06 bits per heavy atom. The molecule has 5 heteroatoms. The second-order valence-electron chi connectivity index (χ2n) is 4.01. The van der Waals surface area contributed by atoms with Gasteiger partial charge in [-0.25, -0.2) is 0 Å². The van der Waals surface area contributed by atoms with Crippen LogP contribution in [-0.4, -0.2) is 33.8 Å². The van der Waals surface area contributed by atoms with Gasteiger partial charge in [0.15, 0.2) is 0 Å². The lowest BCUT2D eigenvalue weighted by atomic mass is 10.1. The lowest BCUT2D eigenvalue weighted by Crippen LogP contribution is -2.39. The van der Waals surface area contributed by atoms with Crippen LogP contribution in [0.25, 0.3) is 0 Å². The van der Waals surface area contributed by atoms with Crippen LogP contribution in [0.15, 0.2) is 11.1 Å². The molecule has 0 aromatic heterocycles. The molecular formula is C11H15NO4. The van der Waals surface area contributed by atoms with Crippen LogP contribution >= 0.6 is 0 Å². The number of hydrogen-bond donors (Lipinski definition) is 1. The summed E-state index contributed by atoms with van der Waals surface area (Å²) in [6.07, 6.45) is 0.240. The Balaban J connectivity index is 2.73. The highest BCUT2D eigenvalue weighted by Gasteiger charge is 2.36. The molecule has 1 rings (SSSR count). The SMILES string of the molecule is CC1=C(C)C(=O)N(C(C)CCC(=O)O)C1=O. The summed E-state index contributed by atoms with van der Waals surface area (Å²) in [5, 5.41) is 8.54. The highest BCUT2D eigenvalue weighted by atomic mass is 16.4. The molecule has 1 N–H and O–H groups in total. The van der Waals surface area contributed by atoms with Gasteiger partial charge in [-0.15, -0.1) is 0 Å². The van der Waals surface area contributed by atoms with Crippen LogP contribution in [0.3, 0.4) is 0 Å². The fraction of sp³-hybridized carbons (Fsp3) is 0.545. The smallest absolute Gasteiger partial charge is 0.303 e. The van der Waals surface area contributed by atoms with Gasteiger partial charge in [0.05, 0.1) is 0 Å². The van der Waals surface area contributed by atoms with Crippen molar-refractivity contribution in [3.05, 3.63) is 11.1 Å². The van der Waals surface area contributed by atoms with Crippen molar-refractivity contribution < 1.29 is 19.5 Å². The Morgan fingerprint density at radius 2 is 1.69 bits per heavy atom. The average molecular weight is 225 g/mol. The lowest BCUT2D eigenvalue weighted by Gasteiger charge is -2.22. The molecule has 1 aliphatic heterocycles. The molecule has 1 aliphatic rings. The van der Waals surface area contributed by atoms with Gasteiger partial charge in [0, 0.05) is 23.6 Å². The minimum absolute atomic E-state index is 0.0453. The first-order chi connectivity index (χ1) is 7.36. The van der Waals surface area contributed by atoms with Crippen molar-refractivity contribution in [1.82, 2.24) is 4.90 Å². The van der Waals surface area contributed by atoms with Gasteiger partial charge in [-0.1, -0.05) is 0 Å². The zero-order valence-corrected chi connectivity index (χ0v) is 9.61. The molecule has 0 spiro atoms. The number of carbonyl (C=O) groups is 3. The summed E-state index contributed by atoms with van der Waals surface area (Å²) in [5.41, 5.74) is 0.902. The zero-order valence-electron chi connectivity index (χ0n) is 9.61. The van der Waals surface area contributed by atoms with Crippen molar-refractivity contribution in [2.75, 3.05) is 0 Å². The number of nitrogens with zero attached hydrogens (tertiary/aromatic N) is 1. The van der Waals surface area contributed by atoms with Gasteiger partial charge < -0.3 is 5.11 Å². The van der Waals surface area contributed by atoms with Gasteiger partial charge >= 0.3 is 5.97 Å². The van der Waals surface area contributed by atoms with E-state index in [-0.39, 0.29) is 30.7 Å². The molecule has 1 atom stereocenters. The molecule has 0 aliphatic carbocycles. The lowest BCUT2D eigenvalue weighted by molar-refractivity contribution is -0.142. The van der Waals surface area contributed by atoms with E-state index in [0.717, 1.165) is 4.90 Å². The standard InChI is InChI=1S/C11H15NO4/c1-6(4-5-9(13)14)12-10(15)7(2)8(3)11(12)16/h6H,4-5H2,1-3H3,(H,13,14). The fourth-order valence-electron chi connectivity index (χ4n) is 1.64. The fourth-order valence-corrected chi connectivity index (χ4v) is 1.64. The van der Waals surface area contributed by atoms with Crippen molar-refractivity contribution in [2.45, 2.75) is 39.7 Å². The number of rotatable bonds is 4. The largest absolute Gasteiger partial charge is 0.481 e. The maximum absolute atomic E-state index is 11.7. The number of carboxylic acids is 1. The Bertz CT molecular complexity index is 359. The topological polar surface area (TPSA) is 74.7 Å². The molecule has 2 amide bonds. The zero-order chi connectivity index (χ0) is 12.5. The molecule has 0 bridgehead atoms. The molecule has 0 saturated carbocycles. The van der Waals surface area contributed by atoms with Crippen molar-refractivity contribution in [3.8, 4) is 0 Å². The predicted molar refractivity (Wildman–Crippen MR) is 56.6 cm³/mol. The van der Waals surface area contributed by atoms with Crippen LogP contribution < -0.4 is 0 Å². The van der Waals surface area contributed by atoms with E-state index in [4.69, 9.17) is 5.11 Å². The maximum atomic E-state index is 11.7. The van der Waals surface area contributed by atoms with E-state index >= 15 is 0 Å². The molecule has 1 heterocycles. The normalized spacial score (nSPS) is 18.3. The molecule has 0 saturated heterocycles. The van der Waals surface area contributed by atoms with E-state index in [1.807, 2.05) is 0 Å². The Morgan fingerprint density at radius 1 is 1.25 bits per heavy atom. The Kier molecular flexibility index (Phi) is 3.47. The predicted octanol–water partition coefficient (Wildman–Crippen LogP) is 0.945. The van der Waals surface area contributed by atoms with E-state index in [2.05, 4.69) is 0 Å². The summed E-state index contributed by atoms with van der Waals surface area (Å²) >= 11 is 0. The third-order valence-electron chi connectivity index (χ3n) is 2.86. The molecule has 0 aromatic carbocycles. The number of amides is 2. The summed E-state index contributed by atoms with van der Waals surface area (Å²) < 4.78 is 0. The van der Waals surface area contributed by atoms with Crippen molar-refractivity contribution in [1.29, 1.82) is 0 Å². The van der Waals surface area contributed by atoms with Crippen LogP contribution in [0.4, 0.5) is 0 Å². The first kappa shape index (κ1) is 12.4. The van der Waals surface area contributed by atoms with E-state index in [9.17, 15) is 14.4 Å². The molecule has 0 fully saturated rings. The minimum atomic E-state index is -0.924. The second kappa shape index (κ2) is 4.47. The van der Waals surface area contributed by atoms with Gasteiger partial charge in [-0.2, -0.15) is 0 Å². The number of carboxylic acid groups (broad SMARTS) is 1. The van der Waals surface area contributed by atoms with E-state index in [0.29, 0.717) is 11.1 Å². The number of imide groups is 1. The van der Waals surface area contributed by atoms with Gasteiger partial charge in [0.1, 0.15) is 0 Å². The van der Waals surface area contributed by atoms with E-state index in [1.54, 1.807) is 20.8 Å². The third-order valence-corrected chi connectivity index (χ3v) is 2.86. The molecule has 5 nitrogen and oxygen atoms in total. The minimum Gasteiger partial charge on any atom is -0.481 e. The van der Waals surface area contributed by atoms with Crippen molar-refractivity contribution in [2.24, 2.45) is 0 Å². The van der Waals surface area contributed by atoms with Crippen LogP contribution in [0, 0.1) is 0 Å². The monoisotopic (exact) mass is 225 g/mol. The Labute approximate surface area is 93.7 Å². The average Bonchev–Trinajstić information content (AvgIpc) is 2.40. The molecular weight excluding hydrogens is 210 g/mol. The van der Waals surface area contributed by atoms with Gasteiger partial charge in [-0.3, -0.25) is 19.3 Å². The van der Waals surface area contributed by atoms with Gasteiger partial charge in [0.2, 0.25) is 0 Å². The van der Waals surface area contributed by atoms with Crippen LogP contribution in [0.5, 0.6) is 0 Å². The summed E-state index contributed by atoms with van der Waals surface area (Å²) in [5.74, 6) is -1.53. The molecule has 16 heavy (non-hydrogen) atoms. The number of hydrogen-bond acceptors (Lipinski definition) is 3. The van der Waals surface area contributed by atoms with Crippen LogP contribution in [-0.2, 0) is 14.4 Å². The summed E-state index contributed by atoms with van der Waals surface area (Å²) in [6.45, 7) is 4.91. The summed E-state index contributed by atoms with van der Waals surface area (Å²) in [6, 6.07) is -0.372. The Hall–Kier alpha value is -1.65. The maximum Gasteiger partial charge on any atom is 0.303 e. The molecule has 0 radical (unpaired) electrons. The van der Waals surface area contributed by atoms with Crippen LogP contribution in [0.2, 0.25) is 0 Å². The second-order valence-corrected chi connectivity index (χ2v) is 4.01. The third kappa shape index (κ3) is 2.13. The highest BCUT2D eigenvalue weighted by molar-refractivity contribution is 6.18. The number of carbonyl (C=O) groups excluding carboxylic acids is 2. The first-order valence-corrected chi connectivity index (χ1v) is 5.13.